The topological polar surface area (TPSA) is 41.3 Å². The van der Waals surface area contributed by atoms with Crippen molar-refractivity contribution in [1.29, 1.82) is 0 Å². The summed E-state index contributed by atoms with van der Waals surface area (Å²) in [4.78, 5) is 2.29. The van der Waals surface area contributed by atoms with E-state index in [9.17, 15) is 5.11 Å². The first-order valence-electron chi connectivity index (χ1n) is 5.61. The third-order valence-corrected chi connectivity index (χ3v) is 2.97. The zero-order valence-electron chi connectivity index (χ0n) is 9.48. The number of aryl methyl sites for hydroxylation is 2. The fourth-order valence-corrected chi connectivity index (χ4v) is 2.21. The lowest BCUT2D eigenvalue weighted by Crippen LogP contribution is -2.21. The molecule has 0 aromatic carbocycles. The third-order valence-electron chi connectivity index (χ3n) is 2.97. The molecular formula is C11H19N3O. The van der Waals surface area contributed by atoms with Gasteiger partial charge in [0.1, 0.15) is 0 Å². The van der Waals surface area contributed by atoms with E-state index in [0.717, 1.165) is 32.5 Å². The Labute approximate surface area is 90.5 Å². The van der Waals surface area contributed by atoms with Crippen molar-refractivity contribution < 1.29 is 5.11 Å². The highest BCUT2D eigenvalue weighted by Gasteiger charge is 2.21. The number of aromatic nitrogens is 2. The molecule has 1 aliphatic rings. The summed E-state index contributed by atoms with van der Waals surface area (Å²) in [6, 6.07) is 0. The monoisotopic (exact) mass is 209 g/mol. The van der Waals surface area contributed by atoms with Crippen molar-refractivity contribution in [1.82, 2.24) is 14.7 Å². The van der Waals surface area contributed by atoms with Gasteiger partial charge in [-0.05, 0) is 12.8 Å². The van der Waals surface area contributed by atoms with Crippen LogP contribution >= 0.6 is 0 Å². The van der Waals surface area contributed by atoms with Crippen molar-refractivity contribution in [3.05, 3.63) is 17.5 Å². The fraction of sp³-hybridized carbons (Fsp3) is 0.727. The Bertz CT molecular complexity index is 335. The predicted octanol–water partition coefficient (Wildman–Crippen LogP) is 0.549. The number of aliphatic hydroxyl groups excluding tert-OH is 1. The minimum absolute atomic E-state index is 0.133. The molecule has 0 unspecified atom stereocenters. The van der Waals surface area contributed by atoms with Gasteiger partial charge in [0.15, 0.2) is 0 Å². The highest BCUT2D eigenvalue weighted by molar-refractivity contribution is 5.17. The summed E-state index contributed by atoms with van der Waals surface area (Å²) in [6.45, 7) is 4.86. The third kappa shape index (κ3) is 2.38. The van der Waals surface area contributed by atoms with Gasteiger partial charge >= 0.3 is 0 Å². The zero-order chi connectivity index (χ0) is 10.8. The van der Waals surface area contributed by atoms with Crippen LogP contribution in [0.2, 0.25) is 0 Å². The highest BCUT2D eigenvalue weighted by atomic mass is 16.3. The number of nitrogens with zero attached hydrogens (tertiary/aromatic N) is 3. The number of β-amino-alcohol motifs (C(OH)–C–C–N with tert-alkyl or cyclic N) is 1. The van der Waals surface area contributed by atoms with E-state index in [-0.39, 0.29) is 6.10 Å². The molecule has 1 N–H and O–H groups in total. The van der Waals surface area contributed by atoms with Crippen LogP contribution in [0.15, 0.2) is 6.20 Å². The maximum atomic E-state index is 9.45. The summed E-state index contributed by atoms with van der Waals surface area (Å²) in [6.07, 6.45) is 3.84. The molecule has 0 aliphatic carbocycles. The number of likely N-dealkylation sites (tertiary alicyclic amines) is 1. The second-order valence-corrected chi connectivity index (χ2v) is 4.31. The Morgan fingerprint density at radius 1 is 1.60 bits per heavy atom. The molecule has 2 heterocycles. The van der Waals surface area contributed by atoms with Crippen molar-refractivity contribution >= 4 is 0 Å². The van der Waals surface area contributed by atoms with Crippen molar-refractivity contribution in [2.24, 2.45) is 7.05 Å². The normalized spacial score (nSPS) is 22.5. The Morgan fingerprint density at radius 3 is 3.00 bits per heavy atom. The second-order valence-electron chi connectivity index (χ2n) is 4.31. The first-order chi connectivity index (χ1) is 7.19. The molecule has 1 fully saturated rings. The van der Waals surface area contributed by atoms with Crippen LogP contribution in [0.1, 0.15) is 24.6 Å². The zero-order valence-corrected chi connectivity index (χ0v) is 9.48. The van der Waals surface area contributed by atoms with Crippen LogP contribution in [-0.4, -0.2) is 39.0 Å². The van der Waals surface area contributed by atoms with E-state index in [4.69, 9.17) is 0 Å². The second kappa shape index (κ2) is 4.33. The standard InChI is InChI=1S/C11H19N3O/c1-3-11-9(6-13(2)12-11)7-14-5-4-10(15)8-14/h6,10,15H,3-5,7-8H2,1-2H3/t10-/m1/s1. The van der Waals surface area contributed by atoms with Crippen molar-refractivity contribution in [2.75, 3.05) is 13.1 Å². The summed E-state index contributed by atoms with van der Waals surface area (Å²) in [7, 11) is 1.96. The van der Waals surface area contributed by atoms with Crippen LogP contribution < -0.4 is 0 Å². The first-order valence-corrected chi connectivity index (χ1v) is 5.61. The highest BCUT2D eigenvalue weighted by Crippen LogP contribution is 2.15. The van der Waals surface area contributed by atoms with E-state index in [1.165, 1.54) is 11.3 Å². The molecule has 1 aliphatic heterocycles. The first kappa shape index (κ1) is 10.6. The molecule has 2 rings (SSSR count). The van der Waals surface area contributed by atoms with E-state index >= 15 is 0 Å². The molecule has 4 heteroatoms. The Hall–Kier alpha value is -0.870. The van der Waals surface area contributed by atoms with Gasteiger partial charge in [0.2, 0.25) is 0 Å². The van der Waals surface area contributed by atoms with Gasteiger partial charge in [-0.1, -0.05) is 6.92 Å². The summed E-state index contributed by atoms with van der Waals surface area (Å²) in [5, 5.41) is 13.9. The van der Waals surface area contributed by atoms with E-state index in [2.05, 4.69) is 23.1 Å². The lowest BCUT2D eigenvalue weighted by Gasteiger charge is -2.14. The molecular weight excluding hydrogens is 190 g/mol. The van der Waals surface area contributed by atoms with Crippen LogP contribution in [0.25, 0.3) is 0 Å². The van der Waals surface area contributed by atoms with E-state index in [1.807, 2.05) is 11.7 Å². The molecule has 4 nitrogen and oxygen atoms in total. The molecule has 84 valence electrons. The van der Waals surface area contributed by atoms with Crippen LogP contribution in [0, 0.1) is 0 Å². The Balaban J connectivity index is 2.03. The van der Waals surface area contributed by atoms with Gasteiger partial charge < -0.3 is 5.11 Å². The molecule has 1 saturated heterocycles. The van der Waals surface area contributed by atoms with Gasteiger partial charge in [0, 0.05) is 38.4 Å². The van der Waals surface area contributed by atoms with Gasteiger partial charge in [-0.3, -0.25) is 9.58 Å². The molecule has 0 spiro atoms. The SMILES string of the molecule is CCc1nn(C)cc1CN1CC[C@@H](O)C1. The van der Waals surface area contributed by atoms with E-state index in [0.29, 0.717) is 0 Å². The molecule has 1 atom stereocenters. The molecule has 0 bridgehead atoms. The fourth-order valence-electron chi connectivity index (χ4n) is 2.21. The number of rotatable bonds is 3. The summed E-state index contributed by atoms with van der Waals surface area (Å²) >= 11 is 0. The van der Waals surface area contributed by atoms with Crippen LogP contribution in [-0.2, 0) is 20.0 Å². The maximum Gasteiger partial charge on any atom is 0.0679 e. The summed E-state index contributed by atoms with van der Waals surface area (Å²) < 4.78 is 1.88. The van der Waals surface area contributed by atoms with E-state index < -0.39 is 0 Å². The summed E-state index contributed by atoms with van der Waals surface area (Å²) in [5.74, 6) is 0. The average molecular weight is 209 g/mol. The number of hydrogen-bond acceptors (Lipinski definition) is 3. The smallest absolute Gasteiger partial charge is 0.0679 e. The molecule has 0 radical (unpaired) electrons. The maximum absolute atomic E-state index is 9.45. The van der Waals surface area contributed by atoms with Crippen molar-refractivity contribution in [2.45, 2.75) is 32.4 Å². The average Bonchev–Trinajstić information content (AvgIpc) is 2.73. The molecule has 0 saturated carbocycles. The van der Waals surface area contributed by atoms with E-state index in [1.54, 1.807) is 0 Å². The lowest BCUT2D eigenvalue weighted by molar-refractivity contribution is 0.174. The Kier molecular flexibility index (Phi) is 3.07. The minimum Gasteiger partial charge on any atom is -0.392 e. The molecule has 1 aromatic rings. The minimum atomic E-state index is -0.133. The van der Waals surface area contributed by atoms with Gasteiger partial charge in [-0.25, -0.2) is 0 Å². The number of hydrogen-bond donors (Lipinski definition) is 1. The largest absolute Gasteiger partial charge is 0.392 e. The van der Waals surface area contributed by atoms with Crippen LogP contribution in [0.4, 0.5) is 0 Å². The summed E-state index contributed by atoms with van der Waals surface area (Å²) in [5.41, 5.74) is 2.48. The van der Waals surface area contributed by atoms with Gasteiger partial charge in [-0.15, -0.1) is 0 Å². The Morgan fingerprint density at radius 2 is 2.40 bits per heavy atom. The van der Waals surface area contributed by atoms with Gasteiger partial charge in [-0.2, -0.15) is 5.10 Å². The van der Waals surface area contributed by atoms with Crippen LogP contribution in [0.5, 0.6) is 0 Å². The molecule has 15 heavy (non-hydrogen) atoms. The number of aliphatic hydroxyl groups is 1. The molecule has 0 amide bonds. The van der Waals surface area contributed by atoms with Gasteiger partial charge in [0.25, 0.3) is 0 Å². The lowest BCUT2D eigenvalue weighted by atomic mass is 10.2. The quantitative estimate of drug-likeness (QED) is 0.790. The molecule has 1 aromatic heterocycles. The predicted molar refractivity (Wildman–Crippen MR) is 58.5 cm³/mol. The van der Waals surface area contributed by atoms with Crippen molar-refractivity contribution in [3.63, 3.8) is 0 Å². The van der Waals surface area contributed by atoms with Crippen LogP contribution in [0.3, 0.4) is 0 Å². The van der Waals surface area contributed by atoms with Gasteiger partial charge in [0.05, 0.1) is 11.8 Å². The van der Waals surface area contributed by atoms with Crippen molar-refractivity contribution in [3.8, 4) is 0 Å².